The van der Waals surface area contributed by atoms with Crippen LogP contribution in [-0.4, -0.2) is 34.7 Å². The fourth-order valence-electron chi connectivity index (χ4n) is 1.21. The van der Waals surface area contributed by atoms with E-state index in [4.69, 9.17) is 5.11 Å². The first-order chi connectivity index (χ1) is 8.18. The number of rotatable bonds is 3. The topological polar surface area (TPSA) is 70.5 Å². The number of aromatic nitrogens is 1. The average Bonchev–Trinajstić information content (AvgIpc) is 2.60. The molecule has 0 atom stereocenters. The van der Waals surface area contributed by atoms with Crippen molar-refractivity contribution in [2.45, 2.75) is 20.0 Å². The Morgan fingerprint density at radius 3 is 2.33 bits per heavy atom. The van der Waals surface area contributed by atoms with Crippen molar-refractivity contribution in [1.82, 2.24) is 4.98 Å². The summed E-state index contributed by atoms with van der Waals surface area (Å²) in [4.78, 5) is 25.8. The number of anilines is 1. The molecular formula is C9H9F3N2O3S. The maximum Gasteiger partial charge on any atom is 0.471 e. The summed E-state index contributed by atoms with van der Waals surface area (Å²) in [7, 11) is 0. The molecule has 0 aliphatic rings. The summed E-state index contributed by atoms with van der Waals surface area (Å²) in [5.41, 5.74) is 0.0796. The van der Waals surface area contributed by atoms with Crippen molar-refractivity contribution < 1.29 is 27.9 Å². The Kier molecular flexibility index (Phi) is 3.95. The van der Waals surface area contributed by atoms with Gasteiger partial charge < -0.3 is 5.11 Å². The molecule has 0 aromatic carbocycles. The van der Waals surface area contributed by atoms with Crippen molar-refractivity contribution in [2.24, 2.45) is 0 Å². The number of thiazole rings is 1. The second-order valence-corrected chi connectivity index (χ2v) is 4.24. The van der Waals surface area contributed by atoms with Crippen LogP contribution in [0.4, 0.5) is 18.3 Å². The zero-order valence-corrected chi connectivity index (χ0v) is 10.2. The summed E-state index contributed by atoms with van der Waals surface area (Å²) in [6.07, 6.45) is -5.01. The van der Waals surface area contributed by atoms with Gasteiger partial charge in [0.1, 0.15) is 4.88 Å². The summed E-state index contributed by atoms with van der Waals surface area (Å²) >= 11 is 0.539. The number of hydrogen-bond donors (Lipinski definition) is 1. The maximum atomic E-state index is 12.3. The molecule has 1 amide bonds. The summed E-state index contributed by atoms with van der Waals surface area (Å²) in [6.45, 7) is 2.46. The molecule has 0 saturated carbocycles. The second kappa shape index (κ2) is 4.92. The summed E-state index contributed by atoms with van der Waals surface area (Å²) in [5, 5.41) is 8.51. The van der Waals surface area contributed by atoms with E-state index < -0.39 is 18.1 Å². The first kappa shape index (κ1) is 14.4. The number of halogens is 3. The van der Waals surface area contributed by atoms with Crippen LogP contribution in [0.25, 0.3) is 0 Å². The van der Waals surface area contributed by atoms with Gasteiger partial charge in [-0.2, -0.15) is 13.2 Å². The molecule has 1 heterocycles. The van der Waals surface area contributed by atoms with Crippen LogP contribution in [0.5, 0.6) is 0 Å². The zero-order valence-electron chi connectivity index (χ0n) is 9.41. The van der Waals surface area contributed by atoms with Gasteiger partial charge in [-0.05, 0) is 13.8 Å². The van der Waals surface area contributed by atoms with Crippen LogP contribution in [0.1, 0.15) is 22.3 Å². The van der Waals surface area contributed by atoms with Gasteiger partial charge in [-0.1, -0.05) is 11.3 Å². The Bertz CT molecular complexity index is 484. The van der Waals surface area contributed by atoms with Crippen LogP contribution in [0.15, 0.2) is 0 Å². The highest BCUT2D eigenvalue weighted by molar-refractivity contribution is 7.17. The number of alkyl halides is 3. The summed E-state index contributed by atoms with van der Waals surface area (Å²) < 4.78 is 36.9. The zero-order chi connectivity index (χ0) is 14.1. The number of carboxylic acids is 1. The predicted molar refractivity (Wildman–Crippen MR) is 57.9 cm³/mol. The van der Waals surface area contributed by atoms with E-state index in [1.54, 1.807) is 0 Å². The largest absolute Gasteiger partial charge is 0.477 e. The molecule has 0 fully saturated rings. The van der Waals surface area contributed by atoms with Gasteiger partial charge in [0.15, 0.2) is 5.13 Å². The molecule has 0 saturated heterocycles. The number of nitrogens with zero attached hydrogens (tertiary/aromatic N) is 2. The van der Waals surface area contributed by atoms with Gasteiger partial charge in [0.25, 0.3) is 0 Å². The van der Waals surface area contributed by atoms with Gasteiger partial charge in [-0.3, -0.25) is 9.69 Å². The molecule has 0 aliphatic heterocycles. The van der Waals surface area contributed by atoms with Gasteiger partial charge >= 0.3 is 18.1 Å². The molecule has 1 rings (SSSR count). The summed E-state index contributed by atoms with van der Waals surface area (Å²) in [5.74, 6) is -3.34. The Morgan fingerprint density at radius 1 is 1.44 bits per heavy atom. The first-order valence-electron chi connectivity index (χ1n) is 4.77. The van der Waals surface area contributed by atoms with Crippen LogP contribution in [0, 0.1) is 6.92 Å². The highest BCUT2D eigenvalue weighted by Gasteiger charge is 2.43. The van der Waals surface area contributed by atoms with Crippen molar-refractivity contribution >= 4 is 28.3 Å². The van der Waals surface area contributed by atoms with E-state index in [1.807, 2.05) is 0 Å². The quantitative estimate of drug-likeness (QED) is 0.921. The van der Waals surface area contributed by atoms with E-state index in [1.165, 1.54) is 13.8 Å². The molecule has 9 heteroatoms. The normalized spacial score (nSPS) is 11.4. The van der Waals surface area contributed by atoms with Gasteiger partial charge in [0.2, 0.25) is 0 Å². The molecule has 5 nitrogen and oxygen atoms in total. The minimum atomic E-state index is -5.01. The fourth-order valence-corrected chi connectivity index (χ4v) is 2.18. The van der Waals surface area contributed by atoms with Crippen LogP contribution in [-0.2, 0) is 4.79 Å². The van der Waals surface area contributed by atoms with Crippen LogP contribution in [0.2, 0.25) is 0 Å². The monoisotopic (exact) mass is 282 g/mol. The number of carbonyl (C=O) groups excluding carboxylic acids is 1. The number of aryl methyl sites for hydroxylation is 1. The SMILES string of the molecule is CCN(C(=O)C(F)(F)F)c1nc(C)c(C(=O)O)s1. The minimum absolute atomic E-state index is 0.0796. The van der Waals surface area contributed by atoms with Crippen LogP contribution < -0.4 is 4.90 Å². The maximum absolute atomic E-state index is 12.3. The molecule has 1 aromatic heterocycles. The number of carbonyl (C=O) groups is 2. The van der Waals surface area contributed by atoms with Gasteiger partial charge in [-0.15, -0.1) is 0 Å². The lowest BCUT2D eigenvalue weighted by atomic mass is 10.4. The highest BCUT2D eigenvalue weighted by atomic mass is 32.1. The van der Waals surface area contributed by atoms with Crippen molar-refractivity contribution in [3.63, 3.8) is 0 Å². The molecule has 0 aliphatic carbocycles. The molecule has 0 unspecified atom stereocenters. The number of carboxylic acid groups (broad SMARTS) is 1. The van der Waals surface area contributed by atoms with Crippen molar-refractivity contribution in [3.8, 4) is 0 Å². The minimum Gasteiger partial charge on any atom is -0.477 e. The number of hydrogen-bond acceptors (Lipinski definition) is 4. The van der Waals surface area contributed by atoms with E-state index in [0.29, 0.717) is 16.2 Å². The van der Waals surface area contributed by atoms with Crippen molar-refractivity contribution in [2.75, 3.05) is 11.4 Å². The lowest BCUT2D eigenvalue weighted by Crippen LogP contribution is -2.41. The van der Waals surface area contributed by atoms with Gasteiger partial charge in [0.05, 0.1) is 5.69 Å². The number of amides is 1. The van der Waals surface area contributed by atoms with Gasteiger partial charge in [-0.25, -0.2) is 9.78 Å². The van der Waals surface area contributed by atoms with E-state index in [-0.39, 0.29) is 22.2 Å². The van der Waals surface area contributed by atoms with E-state index in [2.05, 4.69) is 4.98 Å². The molecule has 0 radical (unpaired) electrons. The second-order valence-electron chi connectivity index (χ2n) is 3.26. The Labute approximate surface area is 104 Å². The van der Waals surface area contributed by atoms with E-state index in [0.717, 1.165) is 0 Å². The third kappa shape index (κ3) is 2.78. The van der Waals surface area contributed by atoms with Gasteiger partial charge in [0, 0.05) is 6.54 Å². The van der Waals surface area contributed by atoms with E-state index >= 15 is 0 Å². The standard InChI is InChI=1S/C9H9F3N2O3S/c1-3-14(7(17)9(10,11)12)8-13-4(2)5(18-8)6(15)16/h3H2,1-2H3,(H,15,16). The molecule has 0 bridgehead atoms. The average molecular weight is 282 g/mol. The Balaban J connectivity index is 3.15. The third-order valence-electron chi connectivity index (χ3n) is 2.01. The van der Waals surface area contributed by atoms with Crippen molar-refractivity contribution in [3.05, 3.63) is 10.6 Å². The van der Waals surface area contributed by atoms with Crippen LogP contribution >= 0.6 is 11.3 Å². The molecular weight excluding hydrogens is 273 g/mol. The molecule has 0 spiro atoms. The third-order valence-corrected chi connectivity index (χ3v) is 3.18. The summed E-state index contributed by atoms with van der Waals surface area (Å²) in [6, 6.07) is 0. The lowest BCUT2D eigenvalue weighted by Gasteiger charge is -2.18. The van der Waals surface area contributed by atoms with Crippen molar-refractivity contribution in [1.29, 1.82) is 0 Å². The Morgan fingerprint density at radius 2 is 2.00 bits per heavy atom. The molecule has 18 heavy (non-hydrogen) atoms. The molecule has 100 valence electrons. The first-order valence-corrected chi connectivity index (χ1v) is 5.59. The predicted octanol–water partition coefficient (Wildman–Crippen LogP) is 2.06. The molecule has 1 N–H and O–H groups in total. The Hall–Kier alpha value is -1.64. The van der Waals surface area contributed by atoms with Crippen LogP contribution in [0.3, 0.4) is 0 Å². The lowest BCUT2D eigenvalue weighted by molar-refractivity contribution is -0.170. The van der Waals surface area contributed by atoms with E-state index in [9.17, 15) is 22.8 Å². The molecule has 1 aromatic rings. The fraction of sp³-hybridized carbons (Fsp3) is 0.444. The number of aromatic carboxylic acids is 1. The highest BCUT2D eigenvalue weighted by Crippen LogP contribution is 2.29. The smallest absolute Gasteiger partial charge is 0.471 e.